The normalized spacial score (nSPS) is 14.3. The Kier molecular flexibility index (Phi) is 2.88. The Morgan fingerprint density at radius 2 is 1.94 bits per heavy atom. The van der Waals surface area contributed by atoms with Crippen molar-refractivity contribution in [3.05, 3.63) is 59.9 Å². The van der Waals surface area contributed by atoms with Gasteiger partial charge in [-0.15, -0.1) is 0 Å². The molecule has 1 aromatic carbocycles. The minimum atomic E-state index is -1.45. The zero-order valence-corrected chi connectivity index (χ0v) is 8.76. The second-order valence-electron chi connectivity index (χ2n) is 3.78. The minimum Gasteiger partial charge on any atom is -0.377 e. The Labute approximate surface area is 93.7 Å². The average molecular weight is 215 g/mol. The van der Waals surface area contributed by atoms with Gasteiger partial charge in [-0.25, -0.2) is 0 Å². The first-order chi connectivity index (χ1) is 7.74. The largest absolute Gasteiger partial charge is 0.377 e. The molecule has 82 valence electrons. The molecule has 0 saturated heterocycles. The summed E-state index contributed by atoms with van der Waals surface area (Å²) in [5, 5.41) is 10.3. The molecule has 2 rings (SSSR count). The highest BCUT2D eigenvalue weighted by Crippen LogP contribution is 2.22. The molecule has 0 radical (unpaired) electrons. The molecule has 0 saturated carbocycles. The number of H-pyrrole nitrogens is 1. The van der Waals surface area contributed by atoms with Gasteiger partial charge in [0.2, 0.25) is 0 Å². The third-order valence-corrected chi connectivity index (χ3v) is 2.59. The van der Waals surface area contributed by atoms with Crippen LogP contribution in [0.1, 0.15) is 11.3 Å². The van der Waals surface area contributed by atoms with Crippen LogP contribution < -0.4 is 0 Å². The second kappa shape index (κ2) is 4.33. The van der Waals surface area contributed by atoms with Gasteiger partial charge in [-0.2, -0.15) is 0 Å². The monoisotopic (exact) mass is 215 g/mol. The Morgan fingerprint density at radius 1 is 1.19 bits per heavy atom. The summed E-state index contributed by atoms with van der Waals surface area (Å²) < 4.78 is 0. The summed E-state index contributed by atoms with van der Waals surface area (Å²) in [5.74, 6) is 0. The number of aldehydes is 1. The van der Waals surface area contributed by atoms with Gasteiger partial charge in [0.25, 0.3) is 0 Å². The number of aromatic amines is 1. The van der Waals surface area contributed by atoms with Crippen LogP contribution in [0.5, 0.6) is 0 Å². The quantitative estimate of drug-likeness (QED) is 0.762. The molecule has 3 heteroatoms. The topological polar surface area (TPSA) is 53.1 Å². The summed E-state index contributed by atoms with van der Waals surface area (Å²) in [5.41, 5.74) is -0.00963. The maximum absolute atomic E-state index is 11.1. The van der Waals surface area contributed by atoms with Crippen molar-refractivity contribution in [3.63, 3.8) is 0 Å². The SMILES string of the molecule is O=CC(O)(Cc1ccc[nH]1)c1ccccc1. The molecule has 1 unspecified atom stereocenters. The smallest absolute Gasteiger partial charge is 0.156 e. The van der Waals surface area contributed by atoms with Crippen molar-refractivity contribution in [2.45, 2.75) is 12.0 Å². The maximum atomic E-state index is 11.1. The van der Waals surface area contributed by atoms with Gasteiger partial charge in [0.15, 0.2) is 6.29 Å². The molecule has 1 aromatic heterocycles. The first-order valence-electron chi connectivity index (χ1n) is 5.11. The lowest BCUT2D eigenvalue weighted by Crippen LogP contribution is -2.30. The van der Waals surface area contributed by atoms with Gasteiger partial charge in [-0.05, 0) is 17.7 Å². The van der Waals surface area contributed by atoms with Crippen molar-refractivity contribution in [1.29, 1.82) is 0 Å². The zero-order chi connectivity index (χ0) is 11.4. The lowest BCUT2D eigenvalue weighted by atomic mass is 9.91. The fraction of sp³-hybridized carbons (Fsp3) is 0.154. The van der Waals surface area contributed by atoms with Gasteiger partial charge in [-0.3, -0.25) is 4.79 Å². The molecule has 0 aliphatic rings. The number of aliphatic hydroxyl groups is 1. The summed E-state index contributed by atoms with van der Waals surface area (Å²) in [4.78, 5) is 14.1. The number of nitrogens with one attached hydrogen (secondary N) is 1. The van der Waals surface area contributed by atoms with E-state index < -0.39 is 5.60 Å². The van der Waals surface area contributed by atoms with Crippen molar-refractivity contribution in [3.8, 4) is 0 Å². The zero-order valence-electron chi connectivity index (χ0n) is 8.76. The standard InChI is InChI=1S/C13H13NO2/c15-10-13(16,9-12-7-4-8-14-12)11-5-2-1-3-6-11/h1-8,10,14,16H,9H2. The van der Waals surface area contributed by atoms with E-state index in [1.54, 1.807) is 30.5 Å². The molecule has 0 aliphatic carbocycles. The lowest BCUT2D eigenvalue weighted by Gasteiger charge is -2.21. The summed E-state index contributed by atoms with van der Waals surface area (Å²) in [6.07, 6.45) is 2.61. The summed E-state index contributed by atoms with van der Waals surface area (Å²) >= 11 is 0. The Bertz CT molecular complexity index is 450. The number of aromatic nitrogens is 1. The van der Waals surface area contributed by atoms with Gasteiger partial charge in [0.05, 0.1) is 0 Å². The summed E-state index contributed by atoms with van der Waals surface area (Å²) in [6, 6.07) is 12.6. The second-order valence-corrected chi connectivity index (χ2v) is 3.78. The Balaban J connectivity index is 2.29. The van der Waals surface area contributed by atoms with E-state index in [9.17, 15) is 9.90 Å². The highest BCUT2D eigenvalue weighted by molar-refractivity contribution is 5.66. The summed E-state index contributed by atoms with van der Waals surface area (Å²) in [6.45, 7) is 0. The van der Waals surface area contributed by atoms with Crippen molar-refractivity contribution in [2.24, 2.45) is 0 Å². The van der Waals surface area contributed by atoms with E-state index in [-0.39, 0.29) is 6.42 Å². The number of benzene rings is 1. The molecule has 0 amide bonds. The average Bonchev–Trinajstić information content (AvgIpc) is 2.83. The highest BCUT2D eigenvalue weighted by Gasteiger charge is 2.29. The number of hydrogen-bond donors (Lipinski definition) is 2. The van der Waals surface area contributed by atoms with E-state index in [0.717, 1.165) is 5.69 Å². The molecule has 1 heterocycles. The third kappa shape index (κ3) is 2.04. The van der Waals surface area contributed by atoms with Gasteiger partial charge in [-0.1, -0.05) is 30.3 Å². The molecule has 0 aliphatic heterocycles. The summed E-state index contributed by atoms with van der Waals surface area (Å²) in [7, 11) is 0. The molecule has 2 aromatic rings. The molecule has 0 fully saturated rings. The maximum Gasteiger partial charge on any atom is 0.156 e. The van der Waals surface area contributed by atoms with Crippen molar-refractivity contribution >= 4 is 6.29 Å². The van der Waals surface area contributed by atoms with Crippen LogP contribution in [0.2, 0.25) is 0 Å². The fourth-order valence-electron chi connectivity index (χ4n) is 1.71. The minimum absolute atomic E-state index is 0.257. The molecule has 0 spiro atoms. The van der Waals surface area contributed by atoms with Crippen molar-refractivity contribution < 1.29 is 9.90 Å². The van der Waals surface area contributed by atoms with Crippen LogP contribution in [-0.2, 0) is 16.8 Å². The number of carbonyl (C=O) groups excluding carboxylic acids is 1. The first-order valence-corrected chi connectivity index (χ1v) is 5.11. The van der Waals surface area contributed by atoms with Crippen molar-refractivity contribution in [1.82, 2.24) is 4.98 Å². The van der Waals surface area contributed by atoms with Crippen LogP contribution in [0, 0.1) is 0 Å². The van der Waals surface area contributed by atoms with Gasteiger partial charge >= 0.3 is 0 Å². The molecular formula is C13H13NO2. The number of hydrogen-bond acceptors (Lipinski definition) is 2. The van der Waals surface area contributed by atoms with Crippen LogP contribution in [0.25, 0.3) is 0 Å². The van der Waals surface area contributed by atoms with Crippen LogP contribution in [0.4, 0.5) is 0 Å². The van der Waals surface area contributed by atoms with Gasteiger partial charge < -0.3 is 10.1 Å². The predicted molar refractivity (Wildman–Crippen MR) is 60.9 cm³/mol. The highest BCUT2D eigenvalue weighted by atomic mass is 16.3. The molecule has 3 nitrogen and oxygen atoms in total. The molecule has 0 bridgehead atoms. The van der Waals surface area contributed by atoms with Crippen LogP contribution in [0.3, 0.4) is 0 Å². The molecular weight excluding hydrogens is 202 g/mol. The molecule has 1 atom stereocenters. The van der Waals surface area contributed by atoms with E-state index in [2.05, 4.69) is 4.98 Å². The first kappa shape index (κ1) is 10.6. The Hall–Kier alpha value is -1.87. The lowest BCUT2D eigenvalue weighted by molar-refractivity contribution is -0.124. The van der Waals surface area contributed by atoms with Crippen molar-refractivity contribution in [2.75, 3.05) is 0 Å². The van der Waals surface area contributed by atoms with E-state index in [1.807, 2.05) is 18.2 Å². The van der Waals surface area contributed by atoms with Gasteiger partial charge in [0, 0.05) is 18.3 Å². The van der Waals surface area contributed by atoms with Crippen LogP contribution in [-0.4, -0.2) is 16.4 Å². The number of rotatable bonds is 4. The van der Waals surface area contributed by atoms with E-state index in [1.165, 1.54) is 0 Å². The third-order valence-electron chi connectivity index (χ3n) is 2.59. The van der Waals surface area contributed by atoms with E-state index >= 15 is 0 Å². The van der Waals surface area contributed by atoms with Crippen LogP contribution in [0.15, 0.2) is 48.7 Å². The molecule has 2 N–H and O–H groups in total. The fourth-order valence-corrected chi connectivity index (χ4v) is 1.71. The molecule has 16 heavy (non-hydrogen) atoms. The van der Waals surface area contributed by atoms with E-state index in [0.29, 0.717) is 11.8 Å². The van der Waals surface area contributed by atoms with Gasteiger partial charge in [0.1, 0.15) is 5.60 Å². The number of carbonyl (C=O) groups is 1. The predicted octanol–water partition coefficient (Wildman–Crippen LogP) is 1.64. The Morgan fingerprint density at radius 3 is 2.50 bits per heavy atom. The van der Waals surface area contributed by atoms with Crippen LogP contribution >= 0.6 is 0 Å². The van der Waals surface area contributed by atoms with E-state index in [4.69, 9.17) is 0 Å².